The van der Waals surface area contributed by atoms with Gasteiger partial charge in [0.2, 0.25) is 0 Å². The number of aliphatic hydroxyl groups excluding tert-OH is 2. The Morgan fingerprint density at radius 3 is 2.35 bits per heavy atom. The summed E-state index contributed by atoms with van der Waals surface area (Å²) in [5, 5.41) is 17.8. The molecule has 0 unspecified atom stereocenters. The van der Waals surface area contributed by atoms with Crippen LogP contribution in [0.15, 0.2) is 24.3 Å². The Morgan fingerprint density at radius 1 is 1.06 bits per heavy atom. The lowest BCUT2D eigenvalue weighted by Gasteiger charge is -2.19. The number of rotatable bonds is 8. The Hall–Kier alpha value is -1.10. The number of aliphatic hydroxyl groups is 2. The summed E-state index contributed by atoms with van der Waals surface area (Å²) in [4.78, 5) is 2.06. The molecule has 0 fully saturated rings. The molecule has 0 radical (unpaired) electrons. The highest BCUT2D eigenvalue weighted by molar-refractivity contribution is 5.40. The van der Waals surface area contributed by atoms with Crippen LogP contribution in [-0.2, 0) is 6.42 Å². The van der Waals surface area contributed by atoms with Crippen LogP contribution >= 0.6 is 0 Å². The maximum absolute atomic E-state index is 8.88. The second kappa shape index (κ2) is 8.06. The fraction of sp³-hybridized carbons (Fsp3) is 0.538. The van der Waals surface area contributed by atoms with Gasteiger partial charge in [0.15, 0.2) is 0 Å². The van der Waals surface area contributed by atoms with Crippen LogP contribution in [0.5, 0.6) is 0 Å². The minimum absolute atomic E-state index is 0.137. The normalized spacial score (nSPS) is 11.0. The van der Waals surface area contributed by atoms with E-state index in [2.05, 4.69) is 11.0 Å². The molecule has 0 aliphatic carbocycles. The molecule has 0 heterocycles. The van der Waals surface area contributed by atoms with Crippen LogP contribution in [0, 0.1) is 0 Å². The predicted molar refractivity (Wildman–Crippen MR) is 69.8 cm³/mol. The van der Waals surface area contributed by atoms with E-state index in [-0.39, 0.29) is 13.2 Å². The molecule has 4 nitrogen and oxygen atoms in total. The Morgan fingerprint density at radius 2 is 1.76 bits per heavy atom. The molecule has 0 aliphatic heterocycles. The van der Waals surface area contributed by atoms with Crippen molar-refractivity contribution in [1.29, 1.82) is 0 Å². The van der Waals surface area contributed by atoms with Gasteiger partial charge in [-0.05, 0) is 37.1 Å². The first-order chi connectivity index (χ1) is 8.26. The van der Waals surface area contributed by atoms with Gasteiger partial charge in [-0.3, -0.25) is 4.90 Å². The second-order valence-electron chi connectivity index (χ2n) is 4.14. The first-order valence-corrected chi connectivity index (χ1v) is 6.04. The minimum Gasteiger partial charge on any atom is -0.399 e. The van der Waals surface area contributed by atoms with Crippen molar-refractivity contribution in [2.75, 3.05) is 38.6 Å². The van der Waals surface area contributed by atoms with Crippen molar-refractivity contribution in [3.8, 4) is 0 Å². The van der Waals surface area contributed by atoms with Crippen LogP contribution in [0.1, 0.15) is 12.0 Å². The molecule has 1 aromatic carbocycles. The van der Waals surface area contributed by atoms with E-state index in [1.807, 2.05) is 18.2 Å². The molecule has 0 spiro atoms. The third-order valence-electron chi connectivity index (χ3n) is 2.72. The van der Waals surface area contributed by atoms with Crippen molar-refractivity contribution < 1.29 is 10.2 Å². The highest BCUT2D eigenvalue weighted by atomic mass is 16.3. The van der Waals surface area contributed by atoms with Crippen molar-refractivity contribution in [3.63, 3.8) is 0 Å². The lowest BCUT2D eigenvalue weighted by molar-refractivity contribution is 0.160. The van der Waals surface area contributed by atoms with Gasteiger partial charge in [0.25, 0.3) is 0 Å². The van der Waals surface area contributed by atoms with Crippen molar-refractivity contribution in [2.45, 2.75) is 12.8 Å². The molecule has 0 saturated heterocycles. The summed E-state index contributed by atoms with van der Waals surface area (Å²) in [6.07, 6.45) is 1.97. The molecule has 0 amide bonds. The fourth-order valence-corrected chi connectivity index (χ4v) is 1.87. The lowest BCUT2D eigenvalue weighted by Crippen LogP contribution is -2.31. The Kier molecular flexibility index (Phi) is 6.62. The maximum Gasteiger partial charge on any atom is 0.0558 e. The van der Waals surface area contributed by atoms with Crippen LogP contribution in [0.2, 0.25) is 0 Å². The van der Waals surface area contributed by atoms with Crippen LogP contribution in [-0.4, -0.2) is 48.0 Å². The van der Waals surface area contributed by atoms with Crippen LogP contribution in [0.25, 0.3) is 0 Å². The van der Waals surface area contributed by atoms with E-state index in [0.717, 1.165) is 25.1 Å². The van der Waals surface area contributed by atoms with Gasteiger partial charge >= 0.3 is 0 Å². The van der Waals surface area contributed by atoms with Crippen molar-refractivity contribution in [1.82, 2.24) is 4.90 Å². The number of anilines is 1. The summed E-state index contributed by atoms with van der Waals surface area (Å²) in [6.45, 7) is 2.40. The standard InChI is InChI=1S/C13H22N2O2/c14-13-5-1-3-12(11-13)4-2-6-15(7-9-16)8-10-17/h1,3,5,11,16-17H,2,4,6-10,14H2. The zero-order chi connectivity index (χ0) is 12.5. The highest BCUT2D eigenvalue weighted by Gasteiger charge is 2.03. The molecule has 0 bridgehead atoms. The van der Waals surface area contributed by atoms with Crippen LogP contribution in [0.4, 0.5) is 5.69 Å². The van der Waals surface area contributed by atoms with E-state index >= 15 is 0 Å². The average molecular weight is 238 g/mol. The number of aryl methyl sites for hydroxylation is 1. The van der Waals surface area contributed by atoms with Crippen molar-refractivity contribution in [2.24, 2.45) is 0 Å². The van der Waals surface area contributed by atoms with Gasteiger partial charge in [-0.1, -0.05) is 12.1 Å². The van der Waals surface area contributed by atoms with E-state index in [1.165, 1.54) is 5.56 Å². The molecule has 0 aliphatic rings. The Bertz CT molecular complexity index is 312. The molecule has 0 aromatic heterocycles. The zero-order valence-corrected chi connectivity index (χ0v) is 10.2. The molecule has 4 N–H and O–H groups in total. The number of nitrogen functional groups attached to an aromatic ring is 1. The number of nitrogens with two attached hydrogens (primary N) is 1. The predicted octanol–water partition coefficient (Wildman–Crippen LogP) is 0.488. The Balaban J connectivity index is 2.30. The molecule has 0 saturated carbocycles. The number of hydrogen-bond acceptors (Lipinski definition) is 4. The number of benzene rings is 1. The van der Waals surface area contributed by atoms with Gasteiger partial charge in [-0.25, -0.2) is 0 Å². The smallest absolute Gasteiger partial charge is 0.0558 e. The molecule has 1 rings (SSSR count). The maximum atomic E-state index is 8.88. The number of hydrogen-bond donors (Lipinski definition) is 3. The van der Waals surface area contributed by atoms with Crippen LogP contribution < -0.4 is 5.73 Å². The van der Waals surface area contributed by atoms with Crippen LogP contribution in [0.3, 0.4) is 0 Å². The monoisotopic (exact) mass is 238 g/mol. The van der Waals surface area contributed by atoms with Gasteiger partial charge in [-0.15, -0.1) is 0 Å². The average Bonchev–Trinajstić information content (AvgIpc) is 2.30. The summed E-state index contributed by atoms with van der Waals surface area (Å²) in [7, 11) is 0. The molecule has 17 heavy (non-hydrogen) atoms. The summed E-state index contributed by atoms with van der Waals surface area (Å²) in [5.74, 6) is 0. The summed E-state index contributed by atoms with van der Waals surface area (Å²) in [5.41, 5.74) is 7.74. The SMILES string of the molecule is Nc1cccc(CCCN(CCO)CCO)c1. The minimum atomic E-state index is 0.137. The van der Waals surface area contributed by atoms with E-state index in [0.29, 0.717) is 13.1 Å². The second-order valence-corrected chi connectivity index (χ2v) is 4.14. The Labute approximate surface area is 103 Å². The summed E-state index contributed by atoms with van der Waals surface area (Å²) < 4.78 is 0. The molecular formula is C13H22N2O2. The van der Waals surface area contributed by atoms with Gasteiger partial charge in [0, 0.05) is 18.8 Å². The molecule has 0 atom stereocenters. The molecular weight excluding hydrogens is 216 g/mol. The van der Waals surface area contributed by atoms with E-state index < -0.39 is 0 Å². The zero-order valence-electron chi connectivity index (χ0n) is 10.2. The molecule has 1 aromatic rings. The first kappa shape index (κ1) is 14.0. The fourth-order valence-electron chi connectivity index (χ4n) is 1.87. The number of nitrogens with zero attached hydrogens (tertiary/aromatic N) is 1. The van der Waals surface area contributed by atoms with Crippen molar-refractivity contribution >= 4 is 5.69 Å². The molecule has 96 valence electrons. The highest BCUT2D eigenvalue weighted by Crippen LogP contribution is 2.09. The summed E-state index contributed by atoms with van der Waals surface area (Å²) in [6, 6.07) is 7.90. The van der Waals surface area contributed by atoms with E-state index in [9.17, 15) is 0 Å². The van der Waals surface area contributed by atoms with Gasteiger partial charge in [0.05, 0.1) is 13.2 Å². The quantitative estimate of drug-likeness (QED) is 0.576. The summed E-state index contributed by atoms with van der Waals surface area (Å²) >= 11 is 0. The molecule has 4 heteroatoms. The largest absolute Gasteiger partial charge is 0.399 e. The van der Waals surface area contributed by atoms with Gasteiger partial charge in [0.1, 0.15) is 0 Å². The third-order valence-corrected chi connectivity index (χ3v) is 2.72. The van der Waals surface area contributed by atoms with E-state index in [1.54, 1.807) is 0 Å². The third kappa shape index (κ3) is 5.68. The first-order valence-electron chi connectivity index (χ1n) is 6.04. The van der Waals surface area contributed by atoms with Gasteiger partial charge in [-0.2, -0.15) is 0 Å². The van der Waals surface area contributed by atoms with Gasteiger partial charge < -0.3 is 15.9 Å². The van der Waals surface area contributed by atoms with Crippen molar-refractivity contribution in [3.05, 3.63) is 29.8 Å². The van der Waals surface area contributed by atoms with E-state index in [4.69, 9.17) is 15.9 Å². The topological polar surface area (TPSA) is 69.7 Å². The lowest BCUT2D eigenvalue weighted by atomic mass is 10.1.